The number of piperidine rings is 1. The van der Waals surface area contributed by atoms with E-state index in [1.807, 2.05) is 13.8 Å². The fourth-order valence-electron chi connectivity index (χ4n) is 1.25. The zero-order valence-electron chi connectivity index (χ0n) is 8.09. The maximum Gasteiger partial charge on any atom is 0.242 e. The third kappa shape index (κ3) is 2.72. The van der Waals surface area contributed by atoms with Gasteiger partial charge in [0.1, 0.15) is 6.04 Å². The summed E-state index contributed by atoms with van der Waals surface area (Å²) in [5, 5.41) is 5.44. The first-order valence-corrected chi connectivity index (χ1v) is 4.69. The molecule has 1 rings (SSSR count). The van der Waals surface area contributed by atoms with Crippen molar-refractivity contribution in [2.75, 3.05) is 6.54 Å². The number of carbonyl (C=O) groups is 2. The molecule has 4 nitrogen and oxygen atoms in total. The van der Waals surface area contributed by atoms with Gasteiger partial charge in [0.25, 0.3) is 0 Å². The number of hydrogen-bond acceptors (Lipinski definition) is 2. The molecule has 2 N–H and O–H groups in total. The van der Waals surface area contributed by atoms with Gasteiger partial charge in [-0.1, -0.05) is 13.8 Å². The predicted molar refractivity (Wildman–Crippen MR) is 49.0 cm³/mol. The molecule has 0 spiro atoms. The second-order valence-electron chi connectivity index (χ2n) is 3.65. The average molecular weight is 184 g/mol. The molecule has 2 amide bonds. The van der Waals surface area contributed by atoms with Gasteiger partial charge in [-0.15, -0.1) is 0 Å². The minimum absolute atomic E-state index is 0.0537. The summed E-state index contributed by atoms with van der Waals surface area (Å²) in [7, 11) is 0. The first kappa shape index (κ1) is 10.0. The fraction of sp³-hybridized carbons (Fsp3) is 0.778. The summed E-state index contributed by atoms with van der Waals surface area (Å²) in [4.78, 5) is 22.5. The lowest BCUT2D eigenvalue weighted by molar-refractivity contribution is -0.131. The molecule has 1 saturated heterocycles. The fourth-order valence-corrected chi connectivity index (χ4v) is 1.25. The van der Waals surface area contributed by atoms with Crippen LogP contribution in [0.3, 0.4) is 0 Å². The highest BCUT2D eigenvalue weighted by molar-refractivity contribution is 5.88. The first-order valence-electron chi connectivity index (χ1n) is 4.69. The van der Waals surface area contributed by atoms with Crippen LogP contribution in [0.2, 0.25) is 0 Å². The molecule has 13 heavy (non-hydrogen) atoms. The zero-order valence-corrected chi connectivity index (χ0v) is 8.09. The van der Waals surface area contributed by atoms with Crippen LogP contribution in [0.1, 0.15) is 26.7 Å². The van der Waals surface area contributed by atoms with Gasteiger partial charge in [0.15, 0.2) is 0 Å². The Kier molecular flexibility index (Phi) is 3.28. The van der Waals surface area contributed by atoms with E-state index < -0.39 is 0 Å². The third-order valence-electron chi connectivity index (χ3n) is 2.13. The molecule has 1 aliphatic rings. The summed E-state index contributed by atoms with van der Waals surface area (Å²) >= 11 is 0. The van der Waals surface area contributed by atoms with Gasteiger partial charge < -0.3 is 10.6 Å². The van der Waals surface area contributed by atoms with Gasteiger partial charge in [-0.25, -0.2) is 0 Å². The van der Waals surface area contributed by atoms with E-state index in [0.29, 0.717) is 0 Å². The molecule has 4 heteroatoms. The van der Waals surface area contributed by atoms with Crippen LogP contribution in [0.5, 0.6) is 0 Å². The molecular weight excluding hydrogens is 168 g/mol. The standard InChI is InChI=1S/C9H16N2O2/c1-6(2)8(12)11-7-4-3-5-10-9(7)13/h6-7H,3-5H2,1-2H3,(H,10,13)(H,11,12)/t7-/m1/s1. The van der Waals surface area contributed by atoms with Crippen LogP contribution in [-0.4, -0.2) is 24.4 Å². The number of amides is 2. The van der Waals surface area contributed by atoms with Crippen molar-refractivity contribution in [3.63, 3.8) is 0 Å². The first-order chi connectivity index (χ1) is 6.11. The van der Waals surface area contributed by atoms with Crippen molar-refractivity contribution in [1.29, 1.82) is 0 Å². The number of nitrogens with one attached hydrogen (secondary N) is 2. The molecule has 1 heterocycles. The van der Waals surface area contributed by atoms with E-state index in [-0.39, 0.29) is 23.8 Å². The van der Waals surface area contributed by atoms with Gasteiger partial charge in [-0.2, -0.15) is 0 Å². The smallest absolute Gasteiger partial charge is 0.242 e. The van der Waals surface area contributed by atoms with Gasteiger partial charge >= 0.3 is 0 Å². The zero-order chi connectivity index (χ0) is 9.84. The summed E-state index contributed by atoms with van der Waals surface area (Å²) in [5.74, 6) is -0.169. The molecule has 0 unspecified atom stereocenters. The molecule has 0 aromatic rings. The van der Waals surface area contributed by atoms with E-state index >= 15 is 0 Å². The number of carbonyl (C=O) groups excluding carboxylic acids is 2. The summed E-state index contributed by atoms with van der Waals surface area (Å²) in [6.07, 6.45) is 1.69. The van der Waals surface area contributed by atoms with Crippen molar-refractivity contribution in [1.82, 2.24) is 10.6 Å². The quantitative estimate of drug-likeness (QED) is 0.636. The van der Waals surface area contributed by atoms with Crippen LogP contribution in [-0.2, 0) is 9.59 Å². The van der Waals surface area contributed by atoms with Crippen molar-refractivity contribution < 1.29 is 9.59 Å². The minimum Gasteiger partial charge on any atom is -0.354 e. The molecule has 1 fully saturated rings. The monoisotopic (exact) mass is 184 g/mol. The summed E-state index contributed by atoms with van der Waals surface area (Å²) in [6.45, 7) is 4.36. The molecule has 74 valence electrons. The molecular formula is C9H16N2O2. The third-order valence-corrected chi connectivity index (χ3v) is 2.13. The lowest BCUT2D eigenvalue weighted by atomic mass is 10.1. The van der Waals surface area contributed by atoms with Gasteiger partial charge in [0.2, 0.25) is 11.8 Å². The molecule has 0 aromatic carbocycles. The van der Waals surface area contributed by atoms with Crippen LogP contribution >= 0.6 is 0 Å². The van der Waals surface area contributed by atoms with E-state index in [4.69, 9.17) is 0 Å². The van der Waals surface area contributed by atoms with E-state index in [0.717, 1.165) is 19.4 Å². The maximum absolute atomic E-state index is 11.3. The van der Waals surface area contributed by atoms with Crippen LogP contribution in [0.15, 0.2) is 0 Å². The van der Waals surface area contributed by atoms with Crippen molar-refractivity contribution in [2.45, 2.75) is 32.7 Å². The van der Waals surface area contributed by atoms with Gasteiger partial charge in [0, 0.05) is 12.5 Å². The Morgan fingerprint density at radius 1 is 1.62 bits per heavy atom. The lowest BCUT2D eigenvalue weighted by Crippen LogP contribution is -2.51. The Hall–Kier alpha value is -1.06. The molecule has 0 aromatic heterocycles. The average Bonchev–Trinajstić information content (AvgIpc) is 2.08. The van der Waals surface area contributed by atoms with E-state index in [1.54, 1.807) is 0 Å². The Bertz CT molecular complexity index is 214. The molecule has 0 aliphatic carbocycles. The van der Waals surface area contributed by atoms with Gasteiger partial charge in [-0.05, 0) is 12.8 Å². The van der Waals surface area contributed by atoms with Crippen molar-refractivity contribution in [2.24, 2.45) is 5.92 Å². The molecule has 0 bridgehead atoms. The SMILES string of the molecule is CC(C)C(=O)N[C@@H]1CCCNC1=O. The number of hydrogen-bond donors (Lipinski definition) is 2. The summed E-state index contributed by atoms with van der Waals surface area (Å²) in [5.41, 5.74) is 0. The predicted octanol–water partition coefficient (Wildman–Crippen LogP) is 0.0372. The normalized spacial score (nSPS) is 22.7. The number of rotatable bonds is 2. The van der Waals surface area contributed by atoms with E-state index in [2.05, 4.69) is 10.6 Å². The molecule has 1 atom stereocenters. The van der Waals surface area contributed by atoms with Gasteiger partial charge in [0.05, 0.1) is 0 Å². The largest absolute Gasteiger partial charge is 0.354 e. The summed E-state index contributed by atoms with van der Waals surface area (Å²) in [6, 6.07) is -0.316. The van der Waals surface area contributed by atoms with E-state index in [9.17, 15) is 9.59 Å². The highest BCUT2D eigenvalue weighted by atomic mass is 16.2. The Morgan fingerprint density at radius 2 is 2.31 bits per heavy atom. The lowest BCUT2D eigenvalue weighted by Gasteiger charge is -2.23. The minimum atomic E-state index is -0.316. The van der Waals surface area contributed by atoms with Crippen LogP contribution < -0.4 is 10.6 Å². The molecule has 0 saturated carbocycles. The molecule has 0 radical (unpaired) electrons. The van der Waals surface area contributed by atoms with Crippen LogP contribution in [0, 0.1) is 5.92 Å². The van der Waals surface area contributed by atoms with Crippen molar-refractivity contribution in [3.05, 3.63) is 0 Å². The van der Waals surface area contributed by atoms with E-state index in [1.165, 1.54) is 0 Å². The Balaban J connectivity index is 2.43. The highest BCUT2D eigenvalue weighted by Crippen LogP contribution is 2.04. The van der Waals surface area contributed by atoms with Crippen molar-refractivity contribution in [3.8, 4) is 0 Å². The van der Waals surface area contributed by atoms with Gasteiger partial charge in [-0.3, -0.25) is 9.59 Å². The molecule has 1 aliphatic heterocycles. The maximum atomic E-state index is 11.3. The second kappa shape index (κ2) is 4.25. The Labute approximate surface area is 78.1 Å². The Morgan fingerprint density at radius 3 is 2.85 bits per heavy atom. The topological polar surface area (TPSA) is 58.2 Å². The highest BCUT2D eigenvalue weighted by Gasteiger charge is 2.24. The summed E-state index contributed by atoms with van der Waals surface area (Å²) < 4.78 is 0. The van der Waals surface area contributed by atoms with Crippen LogP contribution in [0.4, 0.5) is 0 Å². The van der Waals surface area contributed by atoms with Crippen molar-refractivity contribution >= 4 is 11.8 Å². The second-order valence-corrected chi connectivity index (χ2v) is 3.65. The van der Waals surface area contributed by atoms with Crippen LogP contribution in [0.25, 0.3) is 0 Å².